The largest absolute Gasteiger partial charge is 0.311 e. The minimum atomic E-state index is -0.455. The molecule has 176 valence electrons. The lowest BCUT2D eigenvalue weighted by Gasteiger charge is -2.32. The molecule has 2 aromatic carbocycles. The molecule has 10 nitrogen and oxygen atoms in total. The van der Waals surface area contributed by atoms with E-state index in [-0.39, 0.29) is 35.0 Å². The van der Waals surface area contributed by atoms with Crippen LogP contribution in [-0.2, 0) is 22.4 Å². The third kappa shape index (κ3) is 3.78. The van der Waals surface area contributed by atoms with E-state index in [1.165, 1.54) is 24.3 Å². The van der Waals surface area contributed by atoms with Gasteiger partial charge in [0.15, 0.2) is 0 Å². The summed E-state index contributed by atoms with van der Waals surface area (Å²) in [5.74, 6) is -0.512. The second kappa shape index (κ2) is 8.51. The van der Waals surface area contributed by atoms with E-state index in [2.05, 4.69) is 0 Å². The van der Waals surface area contributed by atoms with Gasteiger partial charge in [0.1, 0.15) is 0 Å². The van der Waals surface area contributed by atoms with Crippen molar-refractivity contribution in [2.45, 2.75) is 38.5 Å². The van der Waals surface area contributed by atoms with Crippen LogP contribution in [0.2, 0.25) is 0 Å². The fourth-order valence-electron chi connectivity index (χ4n) is 5.45. The summed E-state index contributed by atoms with van der Waals surface area (Å²) in [5, 5.41) is 22.3. The summed E-state index contributed by atoms with van der Waals surface area (Å²) < 4.78 is 0. The molecule has 0 atom stereocenters. The Morgan fingerprint density at radius 1 is 0.706 bits per heavy atom. The molecule has 34 heavy (non-hydrogen) atoms. The van der Waals surface area contributed by atoms with E-state index >= 15 is 0 Å². The van der Waals surface area contributed by atoms with Crippen molar-refractivity contribution in [1.82, 2.24) is 0 Å². The smallest absolute Gasteiger partial charge is 0.271 e. The van der Waals surface area contributed by atoms with Gasteiger partial charge in [0, 0.05) is 49.2 Å². The molecule has 0 N–H and O–H groups in total. The zero-order chi connectivity index (χ0) is 24.0. The standard InChI is InChI=1S/C24H24N4O6/c29-23(25-11-9-15-5-7-19(27(31)32)13-21(15)25)17-1-2-18(4-3-17)24(30)26-12-10-16-6-8-20(28(33)34)14-22(16)26/h5-8,13-14,17-18H,1-4,9-12H2. The first kappa shape index (κ1) is 22.0. The maximum atomic E-state index is 13.2. The Kier molecular flexibility index (Phi) is 5.51. The number of benzene rings is 2. The maximum absolute atomic E-state index is 13.2. The lowest BCUT2D eigenvalue weighted by atomic mass is 9.80. The van der Waals surface area contributed by atoms with Crippen LogP contribution in [0.3, 0.4) is 0 Å². The van der Waals surface area contributed by atoms with Gasteiger partial charge in [-0.25, -0.2) is 0 Å². The monoisotopic (exact) mass is 464 g/mol. The molecule has 0 aromatic heterocycles. The molecule has 0 spiro atoms. The number of nitro benzene ring substituents is 2. The third-order valence-electron chi connectivity index (χ3n) is 7.31. The van der Waals surface area contributed by atoms with Crippen molar-refractivity contribution in [2.24, 2.45) is 11.8 Å². The molecule has 2 aliphatic heterocycles. The molecule has 0 bridgehead atoms. The Labute approximate surface area is 195 Å². The van der Waals surface area contributed by atoms with Gasteiger partial charge in [-0.05, 0) is 49.7 Å². The molecule has 0 radical (unpaired) electrons. The Balaban J connectivity index is 1.25. The van der Waals surface area contributed by atoms with Crippen LogP contribution < -0.4 is 9.80 Å². The van der Waals surface area contributed by atoms with Crippen molar-refractivity contribution in [3.63, 3.8) is 0 Å². The third-order valence-corrected chi connectivity index (χ3v) is 7.31. The van der Waals surface area contributed by atoms with E-state index in [1.807, 2.05) is 0 Å². The zero-order valence-corrected chi connectivity index (χ0v) is 18.5. The molecule has 2 aromatic rings. The number of hydrogen-bond donors (Lipinski definition) is 0. The lowest BCUT2D eigenvalue weighted by Crippen LogP contribution is -2.40. The molecule has 1 fully saturated rings. The molecule has 0 unspecified atom stereocenters. The molecular weight excluding hydrogens is 440 g/mol. The highest BCUT2D eigenvalue weighted by Gasteiger charge is 2.38. The summed E-state index contributed by atoms with van der Waals surface area (Å²) >= 11 is 0. The molecule has 5 rings (SSSR count). The summed E-state index contributed by atoms with van der Waals surface area (Å²) in [4.78, 5) is 51.2. The van der Waals surface area contributed by atoms with Crippen molar-refractivity contribution >= 4 is 34.6 Å². The average Bonchev–Trinajstić information content (AvgIpc) is 3.46. The van der Waals surface area contributed by atoms with E-state index in [0.29, 0.717) is 63.0 Å². The van der Waals surface area contributed by atoms with Crippen molar-refractivity contribution in [1.29, 1.82) is 0 Å². The van der Waals surface area contributed by atoms with E-state index in [9.17, 15) is 29.8 Å². The van der Waals surface area contributed by atoms with Crippen LogP contribution in [0.4, 0.5) is 22.7 Å². The van der Waals surface area contributed by atoms with Gasteiger partial charge in [0.25, 0.3) is 11.4 Å². The summed E-state index contributed by atoms with van der Waals surface area (Å²) in [6.07, 6.45) is 3.65. The van der Waals surface area contributed by atoms with Crippen molar-refractivity contribution < 1.29 is 19.4 Å². The van der Waals surface area contributed by atoms with Gasteiger partial charge >= 0.3 is 0 Å². The SMILES string of the molecule is O=C(C1CCC(C(=O)N2CCc3ccc([N+](=O)[O-])cc32)CC1)N1CCc2ccc([N+](=O)[O-])cc21. The average molecular weight is 464 g/mol. The Hall–Kier alpha value is -3.82. The van der Waals surface area contributed by atoms with Crippen LogP contribution in [0.5, 0.6) is 0 Å². The topological polar surface area (TPSA) is 127 Å². The minimum absolute atomic E-state index is 0.0288. The van der Waals surface area contributed by atoms with E-state index in [1.54, 1.807) is 21.9 Å². The molecule has 1 aliphatic carbocycles. The quantitative estimate of drug-likeness (QED) is 0.500. The highest BCUT2D eigenvalue weighted by Crippen LogP contribution is 2.39. The van der Waals surface area contributed by atoms with Crippen molar-refractivity contribution in [3.8, 4) is 0 Å². The molecular formula is C24H24N4O6. The zero-order valence-electron chi connectivity index (χ0n) is 18.5. The first-order valence-corrected chi connectivity index (χ1v) is 11.5. The van der Waals surface area contributed by atoms with Crippen LogP contribution >= 0.6 is 0 Å². The van der Waals surface area contributed by atoms with E-state index in [4.69, 9.17) is 0 Å². The van der Waals surface area contributed by atoms with Crippen LogP contribution in [0.1, 0.15) is 36.8 Å². The number of amides is 2. The number of nitrogens with zero attached hydrogens (tertiary/aromatic N) is 4. The second-order valence-corrected chi connectivity index (χ2v) is 9.17. The predicted octanol–water partition coefficient (Wildman–Crippen LogP) is 3.79. The number of carbonyl (C=O) groups excluding carboxylic acids is 2. The van der Waals surface area contributed by atoms with Gasteiger partial charge in [-0.3, -0.25) is 29.8 Å². The van der Waals surface area contributed by atoms with Gasteiger partial charge < -0.3 is 9.80 Å². The van der Waals surface area contributed by atoms with Crippen LogP contribution in [-0.4, -0.2) is 34.8 Å². The van der Waals surface area contributed by atoms with Gasteiger partial charge in [-0.2, -0.15) is 0 Å². The molecule has 2 heterocycles. The number of anilines is 2. The molecule has 3 aliphatic rings. The number of nitro groups is 2. The predicted molar refractivity (Wildman–Crippen MR) is 124 cm³/mol. The first-order chi connectivity index (χ1) is 16.3. The number of fused-ring (bicyclic) bond motifs is 2. The normalized spacial score (nSPS) is 21.2. The fraction of sp³-hybridized carbons (Fsp3) is 0.417. The highest BCUT2D eigenvalue weighted by molar-refractivity contribution is 5.99. The van der Waals surface area contributed by atoms with Gasteiger partial charge in [0.05, 0.1) is 21.2 Å². The minimum Gasteiger partial charge on any atom is -0.311 e. The number of carbonyl (C=O) groups is 2. The van der Waals surface area contributed by atoms with Crippen LogP contribution in [0.15, 0.2) is 36.4 Å². The number of non-ortho nitro benzene ring substituents is 2. The summed E-state index contributed by atoms with van der Waals surface area (Å²) in [6.45, 7) is 1.02. The van der Waals surface area contributed by atoms with E-state index < -0.39 is 9.85 Å². The maximum Gasteiger partial charge on any atom is 0.271 e. The summed E-state index contributed by atoms with van der Waals surface area (Å²) in [6, 6.07) is 9.31. The first-order valence-electron chi connectivity index (χ1n) is 11.5. The highest BCUT2D eigenvalue weighted by atomic mass is 16.6. The Morgan fingerprint density at radius 2 is 1.09 bits per heavy atom. The molecule has 1 saturated carbocycles. The van der Waals surface area contributed by atoms with Gasteiger partial charge in [-0.15, -0.1) is 0 Å². The Bertz CT molecular complexity index is 1110. The van der Waals surface area contributed by atoms with Crippen molar-refractivity contribution in [3.05, 3.63) is 67.8 Å². The van der Waals surface area contributed by atoms with Gasteiger partial charge in [0.2, 0.25) is 11.8 Å². The summed E-state index contributed by atoms with van der Waals surface area (Å²) in [5.41, 5.74) is 3.05. The molecule has 0 saturated heterocycles. The van der Waals surface area contributed by atoms with E-state index in [0.717, 1.165) is 11.1 Å². The van der Waals surface area contributed by atoms with Gasteiger partial charge in [-0.1, -0.05) is 12.1 Å². The number of rotatable bonds is 4. The fourth-order valence-corrected chi connectivity index (χ4v) is 5.45. The lowest BCUT2D eigenvalue weighted by molar-refractivity contribution is -0.385. The second-order valence-electron chi connectivity index (χ2n) is 9.17. The molecule has 2 amide bonds. The molecule has 10 heteroatoms. The summed E-state index contributed by atoms with van der Waals surface area (Å²) in [7, 11) is 0. The van der Waals surface area contributed by atoms with Crippen LogP contribution in [0.25, 0.3) is 0 Å². The van der Waals surface area contributed by atoms with Crippen LogP contribution in [0, 0.1) is 32.1 Å². The number of hydrogen-bond acceptors (Lipinski definition) is 6. The van der Waals surface area contributed by atoms with Crippen molar-refractivity contribution in [2.75, 3.05) is 22.9 Å². The Morgan fingerprint density at radius 3 is 1.44 bits per heavy atom.